The summed E-state index contributed by atoms with van der Waals surface area (Å²) in [5.74, 6) is 0.483. The number of carbonyl (C=O) groups is 1. The van der Waals surface area contributed by atoms with Crippen molar-refractivity contribution in [3.8, 4) is 0 Å². The van der Waals surface area contributed by atoms with Gasteiger partial charge in [0.1, 0.15) is 0 Å². The molecular weight excluding hydrogens is 328 g/mol. The van der Waals surface area contributed by atoms with Crippen molar-refractivity contribution < 1.29 is 4.79 Å². The van der Waals surface area contributed by atoms with Gasteiger partial charge in [0.2, 0.25) is 0 Å². The molecule has 2 heterocycles. The van der Waals surface area contributed by atoms with Gasteiger partial charge < -0.3 is 5.32 Å². The Labute approximate surface area is 146 Å². The van der Waals surface area contributed by atoms with Crippen LogP contribution in [0.2, 0.25) is 5.02 Å². The second-order valence-electron chi connectivity index (χ2n) is 6.04. The van der Waals surface area contributed by atoms with Gasteiger partial charge in [-0.25, -0.2) is 0 Å². The highest BCUT2D eigenvalue weighted by molar-refractivity contribution is 7.07. The Hall–Kier alpha value is -1.36. The molecule has 0 saturated carbocycles. The minimum atomic E-state index is -0.0729. The fourth-order valence-electron chi connectivity index (χ4n) is 2.97. The van der Waals surface area contributed by atoms with Crippen LogP contribution in [0.5, 0.6) is 0 Å². The first-order chi connectivity index (χ1) is 11.2. The van der Waals surface area contributed by atoms with E-state index in [-0.39, 0.29) is 5.91 Å². The third kappa shape index (κ3) is 4.56. The van der Waals surface area contributed by atoms with E-state index in [0.717, 1.165) is 39.0 Å². The third-order valence-corrected chi connectivity index (χ3v) is 5.42. The predicted octanol–water partition coefficient (Wildman–Crippen LogP) is 4.04. The summed E-state index contributed by atoms with van der Waals surface area (Å²) in [6, 6.07) is 9.38. The number of hydrogen-bond donors (Lipinski definition) is 1. The molecule has 23 heavy (non-hydrogen) atoms. The molecule has 1 N–H and O–H groups in total. The molecule has 5 heteroatoms. The molecule has 1 amide bonds. The Morgan fingerprint density at radius 3 is 2.74 bits per heavy atom. The molecule has 0 radical (unpaired) electrons. The molecule has 122 valence electrons. The number of halogens is 1. The molecule has 1 aliphatic heterocycles. The van der Waals surface area contributed by atoms with E-state index in [9.17, 15) is 4.79 Å². The Balaban J connectivity index is 1.42. The summed E-state index contributed by atoms with van der Waals surface area (Å²) in [4.78, 5) is 14.7. The molecule has 0 spiro atoms. The number of piperidine rings is 1. The van der Waals surface area contributed by atoms with Crippen LogP contribution in [-0.4, -0.2) is 30.4 Å². The highest BCUT2D eigenvalue weighted by Crippen LogP contribution is 2.20. The van der Waals surface area contributed by atoms with E-state index in [1.165, 1.54) is 5.56 Å². The highest BCUT2D eigenvalue weighted by Gasteiger charge is 2.20. The summed E-state index contributed by atoms with van der Waals surface area (Å²) >= 11 is 7.81. The molecule has 1 aromatic carbocycles. The number of nitrogens with zero attached hydrogens (tertiary/aromatic N) is 1. The number of thiophene rings is 1. The fourth-order valence-corrected chi connectivity index (χ4v) is 3.85. The number of rotatable bonds is 5. The molecule has 0 unspecified atom stereocenters. The number of nitrogens with one attached hydrogen (secondary N) is 1. The molecule has 3 nitrogen and oxygen atoms in total. The van der Waals surface area contributed by atoms with E-state index in [0.29, 0.717) is 16.5 Å². The fraction of sp³-hybridized carbons (Fsp3) is 0.389. The lowest BCUT2D eigenvalue weighted by molar-refractivity contribution is 0.0935. The van der Waals surface area contributed by atoms with Gasteiger partial charge in [-0.15, -0.1) is 0 Å². The highest BCUT2D eigenvalue weighted by atomic mass is 35.5. The summed E-state index contributed by atoms with van der Waals surface area (Å²) in [5.41, 5.74) is 1.96. The van der Waals surface area contributed by atoms with Gasteiger partial charge in [-0.2, -0.15) is 11.3 Å². The van der Waals surface area contributed by atoms with Crippen molar-refractivity contribution in [1.29, 1.82) is 0 Å². The summed E-state index contributed by atoms with van der Waals surface area (Å²) in [5, 5.41) is 7.89. The van der Waals surface area contributed by atoms with Gasteiger partial charge in [0, 0.05) is 13.1 Å². The van der Waals surface area contributed by atoms with Crippen molar-refractivity contribution in [2.24, 2.45) is 5.92 Å². The normalized spacial score (nSPS) is 16.4. The van der Waals surface area contributed by atoms with Gasteiger partial charge in [-0.3, -0.25) is 9.69 Å². The predicted molar refractivity (Wildman–Crippen MR) is 96.1 cm³/mol. The molecule has 3 rings (SSSR count). The summed E-state index contributed by atoms with van der Waals surface area (Å²) < 4.78 is 0. The molecule has 1 saturated heterocycles. The van der Waals surface area contributed by atoms with Crippen molar-refractivity contribution in [1.82, 2.24) is 10.2 Å². The molecule has 0 atom stereocenters. The first kappa shape index (κ1) is 16.5. The minimum absolute atomic E-state index is 0.0729. The van der Waals surface area contributed by atoms with E-state index in [4.69, 9.17) is 11.6 Å². The Morgan fingerprint density at radius 1 is 1.26 bits per heavy atom. The Morgan fingerprint density at radius 2 is 2.04 bits per heavy atom. The van der Waals surface area contributed by atoms with Crippen molar-refractivity contribution in [2.45, 2.75) is 19.4 Å². The average Bonchev–Trinajstić information content (AvgIpc) is 3.07. The molecule has 0 bridgehead atoms. The number of carbonyl (C=O) groups excluding carboxylic acids is 1. The van der Waals surface area contributed by atoms with Gasteiger partial charge in [-0.05, 0) is 66.4 Å². The van der Waals surface area contributed by atoms with Crippen molar-refractivity contribution in [2.75, 3.05) is 19.6 Å². The van der Waals surface area contributed by atoms with Gasteiger partial charge in [0.15, 0.2) is 0 Å². The van der Waals surface area contributed by atoms with E-state index in [1.807, 2.05) is 12.1 Å². The van der Waals surface area contributed by atoms with Crippen molar-refractivity contribution in [3.05, 3.63) is 57.2 Å². The topological polar surface area (TPSA) is 32.3 Å². The Bertz CT molecular complexity index is 636. The largest absolute Gasteiger partial charge is 0.352 e. The van der Waals surface area contributed by atoms with Crippen LogP contribution in [0.4, 0.5) is 0 Å². The van der Waals surface area contributed by atoms with Crippen LogP contribution in [0.25, 0.3) is 0 Å². The smallest absolute Gasteiger partial charge is 0.252 e. The van der Waals surface area contributed by atoms with Gasteiger partial charge >= 0.3 is 0 Å². The first-order valence-corrected chi connectivity index (χ1v) is 9.30. The molecule has 1 aromatic heterocycles. The third-order valence-electron chi connectivity index (χ3n) is 4.36. The van der Waals surface area contributed by atoms with Crippen LogP contribution in [0.15, 0.2) is 41.1 Å². The van der Waals surface area contributed by atoms with Gasteiger partial charge in [0.25, 0.3) is 5.91 Å². The summed E-state index contributed by atoms with van der Waals surface area (Å²) in [7, 11) is 0. The molecule has 1 fully saturated rings. The number of hydrogen-bond acceptors (Lipinski definition) is 3. The lowest BCUT2D eigenvalue weighted by Gasteiger charge is -2.31. The van der Waals surface area contributed by atoms with Crippen molar-refractivity contribution in [3.63, 3.8) is 0 Å². The van der Waals surface area contributed by atoms with Crippen LogP contribution in [0.1, 0.15) is 28.8 Å². The van der Waals surface area contributed by atoms with E-state index in [1.54, 1.807) is 23.5 Å². The second-order valence-corrected chi connectivity index (χ2v) is 7.23. The second kappa shape index (κ2) is 7.95. The van der Waals surface area contributed by atoms with Crippen LogP contribution >= 0.6 is 22.9 Å². The number of likely N-dealkylation sites (tertiary alicyclic amines) is 1. The number of amides is 1. The zero-order valence-corrected chi connectivity index (χ0v) is 14.6. The summed E-state index contributed by atoms with van der Waals surface area (Å²) in [6.07, 6.45) is 2.26. The molecule has 2 aromatic rings. The molecule has 1 aliphatic rings. The average molecular weight is 349 g/mol. The lowest BCUT2D eigenvalue weighted by Crippen LogP contribution is -2.38. The van der Waals surface area contributed by atoms with Crippen LogP contribution in [0.3, 0.4) is 0 Å². The zero-order valence-electron chi connectivity index (χ0n) is 13.0. The van der Waals surface area contributed by atoms with Crippen LogP contribution in [-0.2, 0) is 6.54 Å². The maximum Gasteiger partial charge on any atom is 0.252 e. The lowest BCUT2D eigenvalue weighted by atomic mass is 9.96. The molecular formula is C18H21ClN2OS. The van der Waals surface area contributed by atoms with E-state index >= 15 is 0 Å². The van der Waals surface area contributed by atoms with E-state index in [2.05, 4.69) is 27.0 Å². The first-order valence-electron chi connectivity index (χ1n) is 7.98. The Kier molecular flexibility index (Phi) is 5.70. The zero-order chi connectivity index (χ0) is 16.1. The van der Waals surface area contributed by atoms with Crippen LogP contribution < -0.4 is 5.32 Å². The van der Waals surface area contributed by atoms with E-state index < -0.39 is 0 Å². The maximum absolute atomic E-state index is 12.2. The minimum Gasteiger partial charge on any atom is -0.352 e. The standard InChI is InChI=1S/C18H21ClN2OS/c19-17-4-2-1-3-16(17)18(22)20-11-14-5-8-21(9-6-14)12-15-7-10-23-13-15/h1-4,7,10,13-14H,5-6,8-9,11-12H2,(H,20,22). The quantitative estimate of drug-likeness (QED) is 0.884. The van der Waals surface area contributed by atoms with Gasteiger partial charge in [0.05, 0.1) is 10.6 Å². The van der Waals surface area contributed by atoms with Crippen molar-refractivity contribution >= 4 is 28.8 Å². The monoisotopic (exact) mass is 348 g/mol. The SMILES string of the molecule is O=C(NCC1CCN(Cc2ccsc2)CC1)c1ccccc1Cl. The van der Waals surface area contributed by atoms with Crippen LogP contribution in [0, 0.1) is 5.92 Å². The van der Waals surface area contributed by atoms with Gasteiger partial charge in [-0.1, -0.05) is 23.7 Å². The number of benzene rings is 1. The molecule has 0 aliphatic carbocycles. The maximum atomic E-state index is 12.2. The summed E-state index contributed by atoms with van der Waals surface area (Å²) in [6.45, 7) is 3.98.